The molecule has 1 aromatic rings. The van der Waals surface area contributed by atoms with Gasteiger partial charge in [-0.15, -0.1) is 0 Å². The van der Waals surface area contributed by atoms with Gasteiger partial charge in [-0.1, -0.05) is 49.4 Å². The number of hydrogen-bond donors (Lipinski definition) is 1. The number of nitrogens with zero attached hydrogens (tertiary/aromatic N) is 1. The lowest BCUT2D eigenvalue weighted by Gasteiger charge is -2.23. The Labute approximate surface area is 105 Å². The number of benzene rings is 1. The quantitative estimate of drug-likeness (QED) is 0.698. The lowest BCUT2D eigenvalue weighted by atomic mass is 10.1. The smallest absolute Gasteiger partial charge is 0.0237 e. The van der Waals surface area contributed by atoms with Crippen LogP contribution in [0, 0.1) is 0 Å². The SMILES string of the molecule is C=C(CC)CN(CCCN)Cc1ccccc1. The van der Waals surface area contributed by atoms with Crippen LogP contribution < -0.4 is 5.73 Å². The molecule has 0 unspecified atom stereocenters. The van der Waals surface area contributed by atoms with Gasteiger partial charge in [0.2, 0.25) is 0 Å². The zero-order chi connectivity index (χ0) is 12.5. The van der Waals surface area contributed by atoms with E-state index in [9.17, 15) is 0 Å². The van der Waals surface area contributed by atoms with E-state index in [2.05, 4.69) is 48.7 Å². The lowest BCUT2D eigenvalue weighted by molar-refractivity contribution is 0.284. The third-order valence-corrected chi connectivity index (χ3v) is 2.87. The minimum atomic E-state index is 0.754. The summed E-state index contributed by atoms with van der Waals surface area (Å²) < 4.78 is 0. The van der Waals surface area contributed by atoms with E-state index in [4.69, 9.17) is 5.73 Å². The first-order chi connectivity index (χ1) is 8.26. The summed E-state index contributed by atoms with van der Waals surface area (Å²) >= 11 is 0. The summed E-state index contributed by atoms with van der Waals surface area (Å²) in [5.41, 5.74) is 8.23. The highest BCUT2D eigenvalue weighted by atomic mass is 15.1. The summed E-state index contributed by atoms with van der Waals surface area (Å²) in [5, 5.41) is 0. The van der Waals surface area contributed by atoms with Crippen molar-refractivity contribution in [2.24, 2.45) is 5.73 Å². The van der Waals surface area contributed by atoms with Gasteiger partial charge in [0.05, 0.1) is 0 Å². The third kappa shape index (κ3) is 5.66. The maximum absolute atomic E-state index is 5.58. The zero-order valence-electron chi connectivity index (χ0n) is 10.9. The lowest BCUT2D eigenvalue weighted by Crippen LogP contribution is -2.27. The van der Waals surface area contributed by atoms with Crippen LogP contribution in [0.25, 0.3) is 0 Å². The molecule has 2 N–H and O–H groups in total. The van der Waals surface area contributed by atoms with E-state index in [0.717, 1.165) is 39.0 Å². The van der Waals surface area contributed by atoms with Crippen LogP contribution in [0.2, 0.25) is 0 Å². The van der Waals surface area contributed by atoms with Crippen LogP contribution >= 0.6 is 0 Å². The van der Waals surface area contributed by atoms with Gasteiger partial charge in [0, 0.05) is 19.6 Å². The molecule has 2 heteroatoms. The van der Waals surface area contributed by atoms with Crippen molar-refractivity contribution in [3.05, 3.63) is 48.0 Å². The molecule has 0 bridgehead atoms. The minimum absolute atomic E-state index is 0.754. The van der Waals surface area contributed by atoms with Crippen molar-refractivity contribution in [1.29, 1.82) is 0 Å². The summed E-state index contributed by atoms with van der Waals surface area (Å²) in [4.78, 5) is 2.42. The summed E-state index contributed by atoms with van der Waals surface area (Å²) in [7, 11) is 0. The van der Waals surface area contributed by atoms with Gasteiger partial charge in [-0.25, -0.2) is 0 Å². The van der Waals surface area contributed by atoms with Crippen LogP contribution in [-0.4, -0.2) is 24.5 Å². The summed E-state index contributed by atoms with van der Waals surface area (Å²) in [6, 6.07) is 10.6. The molecule has 1 rings (SSSR count). The molecular formula is C15H24N2. The monoisotopic (exact) mass is 232 g/mol. The zero-order valence-corrected chi connectivity index (χ0v) is 10.9. The second-order valence-electron chi connectivity index (χ2n) is 4.44. The van der Waals surface area contributed by atoms with Gasteiger partial charge in [-0.05, 0) is 24.9 Å². The molecule has 0 amide bonds. The predicted molar refractivity (Wildman–Crippen MR) is 74.8 cm³/mol. The molecule has 0 aliphatic heterocycles. The molecule has 17 heavy (non-hydrogen) atoms. The van der Waals surface area contributed by atoms with E-state index in [1.54, 1.807) is 0 Å². The van der Waals surface area contributed by atoms with Crippen LogP contribution in [0.5, 0.6) is 0 Å². The fraction of sp³-hybridized carbons (Fsp3) is 0.467. The second kappa shape index (κ2) is 8.04. The van der Waals surface area contributed by atoms with Crippen molar-refractivity contribution in [2.45, 2.75) is 26.3 Å². The van der Waals surface area contributed by atoms with Gasteiger partial charge < -0.3 is 5.73 Å². The van der Waals surface area contributed by atoms with Crippen LogP contribution in [0.4, 0.5) is 0 Å². The molecule has 0 heterocycles. The first kappa shape index (κ1) is 13.9. The minimum Gasteiger partial charge on any atom is -0.330 e. The molecule has 0 fully saturated rings. The van der Waals surface area contributed by atoms with Crippen LogP contribution in [-0.2, 0) is 6.54 Å². The van der Waals surface area contributed by atoms with Gasteiger partial charge >= 0.3 is 0 Å². The van der Waals surface area contributed by atoms with Gasteiger partial charge in [0.1, 0.15) is 0 Å². The first-order valence-electron chi connectivity index (χ1n) is 6.39. The summed E-state index contributed by atoms with van der Waals surface area (Å²) in [6.45, 7) is 10.0. The highest BCUT2D eigenvalue weighted by Gasteiger charge is 2.06. The summed E-state index contributed by atoms with van der Waals surface area (Å²) in [6.07, 6.45) is 2.09. The Bertz CT molecular complexity index is 319. The molecule has 1 aromatic carbocycles. The number of hydrogen-bond acceptors (Lipinski definition) is 2. The van der Waals surface area contributed by atoms with Crippen molar-refractivity contribution in [2.75, 3.05) is 19.6 Å². The molecular weight excluding hydrogens is 208 g/mol. The molecule has 0 aliphatic rings. The Balaban J connectivity index is 2.53. The van der Waals surface area contributed by atoms with Gasteiger partial charge in [0.25, 0.3) is 0 Å². The van der Waals surface area contributed by atoms with E-state index in [-0.39, 0.29) is 0 Å². The average Bonchev–Trinajstić information content (AvgIpc) is 2.37. The van der Waals surface area contributed by atoms with Gasteiger partial charge in [-0.2, -0.15) is 0 Å². The molecule has 0 atom stereocenters. The Morgan fingerprint density at radius 1 is 1.29 bits per heavy atom. The molecule has 0 saturated carbocycles. The molecule has 0 radical (unpaired) electrons. The summed E-state index contributed by atoms with van der Waals surface area (Å²) in [5.74, 6) is 0. The normalized spacial score (nSPS) is 10.8. The van der Waals surface area contributed by atoms with E-state index >= 15 is 0 Å². The molecule has 94 valence electrons. The van der Waals surface area contributed by atoms with Crippen molar-refractivity contribution < 1.29 is 0 Å². The van der Waals surface area contributed by atoms with Crippen molar-refractivity contribution in [1.82, 2.24) is 4.90 Å². The van der Waals surface area contributed by atoms with Gasteiger partial charge in [-0.3, -0.25) is 4.90 Å². The maximum atomic E-state index is 5.58. The maximum Gasteiger partial charge on any atom is 0.0237 e. The Hall–Kier alpha value is -1.12. The molecule has 0 saturated heterocycles. The van der Waals surface area contributed by atoms with Crippen molar-refractivity contribution in [3.8, 4) is 0 Å². The Kier molecular flexibility index (Phi) is 6.60. The predicted octanol–water partition coefficient (Wildman–Crippen LogP) is 2.80. The first-order valence-corrected chi connectivity index (χ1v) is 6.39. The fourth-order valence-electron chi connectivity index (χ4n) is 1.80. The highest BCUT2D eigenvalue weighted by Crippen LogP contribution is 2.08. The Morgan fingerprint density at radius 2 is 2.00 bits per heavy atom. The molecule has 0 spiro atoms. The molecule has 0 aromatic heterocycles. The van der Waals surface area contributed by atoms with Crippen LogP contribution in [0.15, 0.2) is 42.5 Å². The largest absolute Gasteiger partial charge is 0.330 e. The van der Waals surface area contributed by atoms with Crippen LogP contribution in [0.3, 0.4) is 0 Å². The highest BCUT2D eigenvalue weighted by molar-refractivity contribution is 5.14. The second-order valence-corrected chi connectivity index (χ2v) is 4.44. The van der Waals surface area contributed by atoms with Gasteiger partial charge in [0.15, 0.2) is 0 Å². The van der Waals surface area contributed by atoms with E-state index < -0.39 is 0 Å². The average molecular weight is 232 g/mol. The van der Waals surface area contributed by atoms with Crippen LogP contribution in [0.1, 0.15) is 25.3 Å². The van der Waals surface area contributed by atoms with Crippen molar-refractivity contribution in [3.63, 3.8) is 0 Å². The number of rotatable bonds is 8. The Morgan fingerprint density at radius 3 is 2.59 bits per heavy atom. The van der Waals surface area contributed by atoms with Crippen molar-refractivity contribution >= 4 is 0 Å². The third-order valence-electron chi connectivity index (χ3n) is 2.87. The standard InChI is InChI=1S/C15H24N2/c1-3-14(2)12-17(11-7-10-16)13-15-8-5-4-6-9-15/h4-6,8-9H,2-3,7,10-13,16H2,1H3. The fourth-order valence-corrected chi connectivity index (χ4v) is 1.80. The molecule has 0 aliphatic carbocycles. The van der Waals surface area contributed by atoms with E-state index in [0.29, 0.717) is 0 Å². The van der Waals surface area contributed by atoms with E-state index in [1.807, 2.05) is 0 Å². The molecule has 2 nitrogen and oxygen atoms in total. The van der Waals surface area contributed by atoms with E-state index in [1.165, 1.54) is 11.1 Å². The number of nitrogens with two attached hydrogens (primary N) is 1. The topological polar surface area (TPSA) is 29.3 Å².